The highest BCUT2D eigenvalue weighted by atomic mass is 16.2. The van der Waals surface area contributed by atoms with Crippen LogP contribution in [0.25, 0.3) is 10.8 Å². The highest BCUT2D eigenvalue weighted by molar-refractivity contribution is 6.26. The molecule has 170 valence electrons. The molecular weight excluding hydrogens is 406 g/mol. The van der Waals surface area contributed by atoms with Crippen molar-refractivity contribution in [1.29, 1.82) is 0 Å². The molecule has 3 aromatic carbocycles. The number of anilines is 2. The summed E-state index contributed by atoms with van der Waals surface area (Å²) >= 11 is 0. The van der Waals surface area contributed by atoms with E-state index >= 15 is 0 Å². The molecule has 2 fully saturated rings. The largest absolute Gasteiger partial charge is 0.370 e. The third kappa shape index (κ3) is 3.91. The summed E-state index contributed by atoms with van der Waals surface area (Å²) in [6, 6.07) is 21.2. The quantitative estimate of drug-likeness (QED) is 0.518. The van der Waals surface area contributed by atoms with Crippen molar-refractivity contribution in [3.05, 3.63) is 71.8 Å². The van der Waals surface area contributed by atoms with Crippen LogP contribution in [-0.2, 0) is 6.42 Å². The first-order chi connectivity index (χ1) is 16.3. The molecule has 33 heavy (non-hydrogen) atoms. The second-order valence-electron chi connectivity index (χ2n) is 9.96. The topological polar surface area (TPSA) is 26.8 Å². The Morgan fingerprint density at radius 3 is 2.45 bits per heavy atom. The van der Waals surface area contributed by atoms with Gasteiger partial charge in [-0.3, -0.25) is 4.79 Å². The molecule has 1 amide bonds. The molecule has 2 aliphatic heterocycles. The monoisotopic (exact) mass is 439 g/mol. The van der Waals surface area contributed by atoms with Crippen molar-refractivity contribution >= 4 is 28.1 Å². The fraction of sp³-hybridized carbons (Fsp3) is 0.414. The molecule has 0 N–H and O–H groups in total. The van der Waals surface area contributed by atoms with Crippen LogP contribution in [0.4, 0.5) is 11.4 Å². The minimum Gasteiger partial charge on any atom is -0.370 e. The highest BCUT2D eigenvalue weighted by Gasteiger charge is 2.31. The van der Waals surface area contributed by atoms with Crippen molar-refractivity contribution < 1.29 is 4.79 Å². The number of rotatable bonds is 6. The van der Waals surface area contributed by atoms with Crippen LogP contribution in [0.5, 0.6) is 0 Å². The first-order valence-corrected chi connectivity index (χ1v) is 12.7. The Labute approximate surface area is 196 Å². The van der Waals surface area contributed by atoms with E-state index in [2.05, 4.69) is 58.3 Å². The molecule has 4 heteroatoms. The zero-order chi connectivity index (χ0) is 22.2. The first kappa shape index (κ1) is 20.7. The Morgan fingerprint density at radius 1 is 0.788 bits per heavy atom. The van der Waals surface area contributed by atoms with E-state index in [1.54, 1.807) is 0 Å². The number of carbonyl (C=O) groups excluding carboxylic acids is 1. The van der Waals surface area contributed by atoms with Gasteiger partial charge in [-0.05, 0) is 61.9 Å². The predicted octanol–water partition coefficient (Wildman–Crippen LogP) is 5.35. The molecule has 4 nitrogen and oxygen atoms in total. The van der Waals surface area contributed by atoms with E-state index in [0.717, 1.165) is 48.6 Å². The standard InChI is InChI=1S/C29H33N3O/c33-29-25-12-5-11-24-26(31-17-6-16-30(19-20-31)21-23-9-4-10-23)13-14-27(28(24)25)32(29)18-15-22-7-2-1-3-8-22/h1-3,5,7-8,11-14,23H,4,6,9-10,15-21H2. The highest BCUT2D eigenvalue weighted by Crippen LogP contribution is 2.42. The van der Waals surface area contributed by atoms with Gasteiger partial charge >= 0.3 is 0 Å². The summed E-state index contributed by atoms with van der Waals surface area (Å²) in [6.07, 6.45) is 6.34. The number of amides is 1. The zero-order valence-corrected chi connectivity index (χ0v) is 19.4. The van der Waals surface area contributed by atoms with E-state index < -0.39 is 0 Å². The average Bonchev–Trinajstić information content (AvgIpc) is 2.96. The minimum absolute atomic E-state index is 0.145. The van der Waals surface area contributed by atoms with Crippen LogP contribution in [0.15, 0.2) is 60.7 Å². The zero-order valence-electron chi connectivity index (χ0n) is 19.4. The van der Waals surface area contributed by atoms with Gasteiger partial charge in [-0.2, -0.15) is 0 Å². The number of nitrogens with zero attached hydrogens (tertiary/aromatic N) is 3. The van der Waals surface area contributed by atoms with Gasteiger partial charge in [0.15, 0.2) is 0 Å². The molecule has 1 saturated heterocycles. The summed E-state index contributed by atoms with van der Waals surface area (Å²) in [7, 11) is 0. The van der Waals surface area contributed by atoms with Crippen LogP contribution < -0.4 is 9.80 Å². The Bertz CT molecular complexity index is 1150. The minimum atomic E-state index is 0.145. The molecule has 1 aliphatic carbocycles. The first-order valence-electron chi connectivity index (χ1n) is 12.7. The van der Waals surface area contributed by atoms with Gasteiger partial charge in [0.25, 0.3) is 5.91 Å². The van der Waals surface area contributed by atoms with Crippen LogP contribution in [-0.4, -0.2) is 50.1 Å². The molecule has 0 radical (unpaired) electrons. The molecular formula is C29H33N3O. The summed E-state index contributed by atoms with van der Waals surface area (Å²) in [6.45, 7) is 6.50. The van der Waals surface area contributed by atoms with Gasteiger partial charge in [0, 0.05) is 54.7 Å². The lowest BCUT2D eigenvalue weighted by Gasteiger charge is -2.31. The van der Waals surface area contributed by atoms with E-state index in [1.165, 1.54) is 55.4 Å². The summed E-state index contributed by atoms with van der Waals surface area (Å²) in [5.41, 5.74) is 4.49. The second-order valence-corrected chi connectivity index (χ2v) is 9.96. The lowest BCUT2D eigenvalue weighted by atomic mass is 9.85. The van der Waals surface area contributed by atoms with E-state index in [-0.39, 0.29) is 5.91 Å². The van der Waals surface area contributed by atoms with Crippen molar-refractivity contribution in [2.75, 3.05) is 49.1 Å². The fourth-order valence-electron chi connectivity index (χ4n) is 5.85. The molecule has 0 spiro atoms. The van der Waals surface area contributed by atoms with E-state index in [1.807, 2.05) is 17.0 Å². The smallest absolute Gasteiger partial charge is 0.259 e. The van der Waals surface area contributed by atoms with Crippen molar-refractivity contribution in [3.63, 3.8) is 0 Å². The molecule has 0 atom stereocenters. The van der Waals surface area contributed by atoms with Gasteiger partial charge in [0.2, 0.25) is 0 Å². The van der Waals surface area contributed by atoms with Crippen LogP contribution >= 0.6 is 0 Å². The molecule has 0 bridgehead atoms. The van der Waals surface area contributed by atoms with Crippen molar-refractivity contribution in [1.82, 2.24) is 4.90 Å². The van der Waals surface area contributed by atoms with Crippen molar-refractivity contribution in [2.24, 2.45) is 5.92 Å². The molecule has 6 rings (SSSR count). The van der Waals surface area contributed by atoms with Crippen LogP contribution in [0, 0.1) is 5.92 Å². The molecule has 1 saturated carbocycles. The maximum atomic E-state index is 13.3. The predicted molar refractivity (Wildman–Crippen MR) is 136 cm³/mol. The van der Waals surface area contributed by atoms with Gasteiger partial charge in [0.1, 0.15) is 0 Å². The Hall–Kier alpha value is -2.85. The van der Waals surface area contributed by atoms with Gasteiger partial charge in [-0.1, -0.05) is 48.9 Å². The summed E-state index contributed by atoms with van der Waals surface area (Å²) in [4.78, 5) is 20.5. The van der Waals surface area contributed by atoms with Crippen molar-refractivity contribution in [2.45, 2.75) is 32.1 Å². The number of hydrogen-bond donors (Lipinski definition) is 0. The number of benzene rings is 3. The molecule has 3 aromatic rings. The number of carbonyl (C=O) groups is 1. The van der Waals surface area contributed by atoms with Crippen LogP contribution in [0.1, 0.15) is 41.6 Å². The maximum absolute atomic E-state index is 13.3. The van der Waals surface area contributed by atoms with Gasteiger partial charge in [-0.15, -0.1) is 0 Å². The molecule has 2 heterocycles. The lowest BCUT2D eigenvalue weighted by molar-refractivity contribution is 0.0993. The van der Waals surface area contributed by atoms with Gasteiger partial charge in [-0.25, -0.2) is 0 Å². The summed E-state index contributed by atoms with van der Waals surface area (Å²) < 4.78 is 0. The van der Waals surface area contributed by atoms with Crippen LogP contribution in [0.2, 0.25) is 0 Å². The molecule has 0 unspecified atom stereocenters. The van der Waals surface area contributed by atoms with Gasteiger partial charge in [0.05, 0.1) is 5.69 Å². The third-order valence-corrected chi connectivity index (χ3v) is 7.90. The Balaban J connectivity index is 1.25. The summed E-state index contributed by atoms with van der Waals surface area (Å²) in [5, 5.41) is 2.37. The van der Waals surface area contributed by atoms with E-state index in [9.17, 15) is 4.79 Å². The SMILES string of the molecule is O=C1c2cccc3c(N4CCCN(CC5CCC5)CC4)ccc(c23)N1CCc1ccccc1. The van der Waals surface area contributed by atoms with E-state index in [0.29, 0.717) is 6.54 Å². The molecule has 0 aromatic heterocycles. The third-order valence-electron chi connectivity index (χ3n) is 7.90. The summed E-state index contributed by atoms with van der Waals surface area (Å²) in [5.74, 6) is 1.08. The van der Waals surface area contributed by atoms with Gasteiger partial charge < -0.3 is 14.7 Å². The lowest BCUT2D eigenvalue weighted by Crippen LogP contribution is -2.35. The second kappa shape index (κ2) is 8.83. The van der Waals surface area contributed by atoms with E-state index in [4.69, 9.17) is 0 Å². The van der Waals surface area contributed by atoms with Crippen LogP contribution in [0.3, 0.4) is 0 Å². The molecule has 3 aliphatic rings. The fourth-order valence-corrected chi connectivity index (χ4v) is 5.85. The maximum Gasteiger partial charge on any atom is 0.259 e. The Morgan fingerprint density at radius 2 is 1.64 bits per heavy atom. The normalized spacial score (nSPS) is 19.2. The average molecular weight is 440 g/mol. The Kier molecular flexibility index (Phi) is 5.55. The van der Waals surface area contributed by atoms with Crippen molar-refractivity contribution in [3.8, 4) is 0 Å². The number of hydrogen-bond acceptors (Lipinski definition) is 3.